The highest BCUT2D eigenvalue weighted by molar-refractivity contribution is 6.10. The average Bonchev–Trinajstić information content (AvgIpc) is 3.50. The standard InChI is InChI=1S/C51H54F2N2O5/c1-48(2)29-49(3,4)31-50(30-48)45-40(25-34(52)26-41(45)53)44-38-27-42(55-19-23-59-24-20-55)43(57-6)28-39(38)47-37(46(44)50)15-16-51(60-47,33-9-13-36(56-5)14-10-33)32-7-11-35(12-8-32)54-17-21-58-22-18-54/h7-16,25-28H,17-24,29-31H2,1-6H3. The molecule has 3 heterocycles. The van der Waals surface area contributed by atoms with Crippen molar-refractivity contribution >= 4 is 28.2 Å². The molecule has 0 N–H and O–H groups in total. The predicted octanol–water partition coefficient (Wildman–Crippen LogP) is 10.7. The van der Waals surface area contributed by atoms with Crippen LogP contribution in [0.5, 0.6) is 17.2 Å². The topological polar surface area (TPSA) is 52.6 Å². The van der Waals surface area contributed by atoms with Crippen molar-refractivity contribution in [3.63, 3.8) is 0 Å². The first-order valence-corrected chi connectivity index (χ1v) is 21.4. The van der Waals surface area contributed by atoms with E-state index >= 15 is 8.78 Å². The Morgan fingerprint density at radius 2 is 1.27 bits per heavy atom. The molecule has 1 unspecified atom stereocenters. The van der Waals surface area contributed by atoms with Crippen molar-refractivity contribution in [2.24, 2.45) is 10.8 Å². The van der Waals surface area contributed by atoms with Crippen LogP contribution in [0.15, 0.2) is 78.9 Å². The summed E-state index contributed by atoms with van der Waals surface area (Å²) in [5, 5.41) is 1.71. The molecule has 312 valence electrons. The summed E-state index contributed by atoms with van der Waals surface area (Å²) in [7, 11) is 3.37. The molecular weight excluding hydrogens is 759 g/mol. The van der Waals surface area contributed by atoms with Crippen LogP contribution in [0.25, 0.3) is 28.0 Å². The van der Waals surface area contributed by atoms with Gasteiger partial charge in [0.25, 0.3) is 0 Å². The summed E-state index contributed by atoms with van der Waals surface area (Å²) < 4.78 is 63.7. The van der Waals surface area contributed by atoms with Crippen molar-refractivity contribution in [1.82, 2.24) is 0 Å². The minimum Gasteiger partial charge on any atom is -0.497 e. The molecule has 60 heavy (non-hydrogen) atoms. The monoisotopic (exact) mass is 812 g/mol. The maximum Gasteiger partial charge on any atom is 0.178 e. The van der Waals surface area contributed by atoms with E-state index < -0.39 is 22.7 Å². The van der Waals surface area contributed by atoms with Gasteiger partial charge in [-0.2, -0.15) is 0 Å². The molecule has 3 fully saturated rings. The quantitative estimate of drug-likeness (QED) is 0.169. The lowest BCUT2D eigenvalue weighted by molar-refractivity contribution is 0.0627. The summed E-state index contributed by atoms with van der Waals surface area (Å²) >= 11 is 0. The first-order chi connectivity index (χ1) is 28.9. The zero-order chi connectivity index (χ0) is 41.6. The van der Waals surface area contributed by atoms with E-state index in [0.717, 1.165) is 81.3 Å². The number of benzene rings is 5. The zero-order valence-corrected chi connectivity index (χ0v) is 35.6. The fraction of sp³-hybridized carbons (Fsp3) is 0.412. The van der Waals surface area contributed by atoms with Gasteiger partial charge in [-0.15, -0.1) is 0 Å². The van der Waals surface area contributed by atoms with Gasteiger partial charge in [0.15, 0.2) is 5.60 Å². The average molecular weight is 813 g/mol. The van der Waals surface area contributed by atoms with E-state index in [0.29, 0.717) is 75.0 Å². The fourth-order valence-electron chi connectivity index (χ4n) is 12.1. The number of rotatable bonds is 6. The van der Waals surface area contributed by atoms with Crippen LogP contribution in [0.3, 0.4) is 0 Å². The first kappa shape index (κ1) is 39.0. The minimum absolute atomic E-state index is 0.142. The van der Waals surface area contributed by atoms with Gasteiger partial charge in [0.1, 0.15) is 28.9 Å². The van der Waals surface area contributed by atoms with Gasteiger partial charge in [0, 0.05) is 71.0 Å². The van der Waals surface area contributed by atoms with Crippen molar-refractivity contribution in [3.8, 4) is 28.4 Å². The molecule has 0 amide bonds. The van der Waals surface area contributed by atoms with Gasteiger partial charge in [-0.1, -0.05) is 58.0 Å². The molecule has 1 atom stereocenters. The Morgan fingerprint density at radius 1 is 0.650 bits per heavy atom. The third-order valence-electron chi connectivity index (χ3n) is 13.7. The second-order valence-electron chi connectivity index (χ2n) is 19.0. The number of hydrogen-bond acceptors (Lipinski definition) is 7. The molecule has 0 aromatic heterocycles. The second-order valence-corrected chi connectivity index (χ2v) is 19.0. The number of morpholine rings is 2. The molecule has 2 aliphatic carbocycles. The molecule has 5 aliphatic rings. The third kappa shape index (κ3) is 6.17. The van der Waals surface area contributed by atoms with Crippen LogP contribution in [0.1, 0.15) is 74.8 Å². The van der Waals surface area contributed by atoms with E-state index in [2.05, 4.69) is 98.2 Å². The molecule has 3 aliphatic heterocycles. The Labute approximate surface area is 351 Å². The summed E-state index contributed by atoms with van der Waals surface area (Å²) in [5.41, 5.74) is 5.87. The first-order valence-electron chi connectivity index (χ1n) is 21.4. The number of halogens is 2. The van der Waals surface area contributed by atoms with E-state index in [9.17, 15) is 0 Å². The van der Waals surface area contributed by atoms with Gasteiger partial charge in [0.05, 0.1) is 46.3 Å². The Bertz CT molecular complexity index is 2500. The molecule has 1 saturated carbocycles. The molecule has 9 heteroatoms. The number of hydrogen-bond donors (Lipinski definition) is 0. The van der Waals surface area contributed by atoms with Crippen molar-refractivity contribution < 1.29 is 32.5 Å². The van der Waals surface area contributed by atoms with Crippen molar-refractivity contribution in [2.75, 3.05) is 76.6 Å². The van der Waals surface area contributed by atoms with E-state index in [-0.39, 0.29) is 10.8 Å². The number of methoxy groups -OCH3 is 2. The highest BCUT2D eigenvalue weighted by Gasteiger charge is 2.57. The number of fused-ring (bicyclic) bond motifs is 10. The highest BCUT2D eigenvalue weighted by atomic mass is 19.1. The van der Waals surface area contributed by atoms with Crippen LogP contribution in [0, 0.1) is 22.5 Å². The van der Waals surface area contributed by atoms with E-state index in [4.69, 9.17) is 23.7 Å². The second kappa shape index (κ2) is 14.2. The molecule has 10 rings (SSSR count). The lowest BCUT2D eigenvalue weighted by atomic mass is 9.52. The van der Waals surface area contributed by atoms with E-state index in [1.165, 1.54) is 0 Å². The largest absolute Gasteiger partial charge is 0.497 e. The Balaban J connectivity index is 1.28. The highest BCUT2D eigenvalue weighted by Crippen LogP contribution is 2.67. The Morgan fingerprint density at radius 3 is 1.88 bits per heavy atom. The van der Waals surface area contributed by atoms with Crippen LogP contribution in [-0.2, 0) is 20.5 Å². The Kier molecular flexibility index (Phi) is 9.26. The maximum atomic E-state index is 17.0. The summed E-state index contributed by atoms with van der Waals surface area (Å²) in [5.74, 6) is 1.07. The van der Waals surface area contributed by atoms with Gasteiger partial charge in [-0.05, 0) is 101 Å². The normalized spacial score (nSPS) is 22.3. The molecule has 0 bridgehead atoms. The molecular formula is C51H54F2N2O5. The number of anilines is 2. The molecule has 2 saturated heterocycles. The van der Waals surface area contributed by atoms with Crippen LogP contribution in [0.2, 0.25) is 0 Å². The van der Waals surface area contributed by atoms with Crippen LogP contribution in [0.4, 0.5) is 20.2 Å². The number of nitrogens with zero attached hydrogens (tertiary/aromatic N) is 2. The lowest BCUT2D eigenvalue weighted by Gasteiger charge is -2.52. The zero-order valence-electron chi connectivity index (χ0n) is 35.6. The Hall–Kier alpha value is -5.12. The van der Waals surface area contributed by atoms with Crippen molar-refractivity contribution in [3.05, 3.63) is 118 Å². The van der Waals surface area contributed by atoms with Gasteiger partial charge in [-0.3, -0.25) is 0 Å². The van der Waals surface area contributed by atoms with Crippen LogP contribution < -0.4 is 24.0 Å². The van der Waals surface area contributed by atoms with Gasteiger partial charge in [0.2, 0.25) is 0 Å². The predicted molar refractivity (Wildman–Crippen MR) is 234 cm³/mol. The molecule has 0 radical (unpaired) electrons. The van der Waals surface area contributed by atoms with Gasteiger partial charge < -0.3 is 33.5 Å². The van der Waals surface area contributed by atoms with Crippen molar-refractivity contribution in [1.29, 1.82) is 0 Å². The van der Waals surface area contributed by atoms with E-state index in [1.807, 2.05) is 12.1 Å². The maximum absolute atomic E-state index is 17.0. The third-order valence-corrected chi connectivity index (χ3v) is 13.7. The van der Waals surface area contributed by atoms with Gasteiger partial charge in [-0.25, -0.2) is 8.78 Å². The van der Waals surface area contributed by atoms with Gasteiger partial charge >= 0.3 is 0 Å². The number of ether oxygens (including phenoxy) is 5. The summed E-state index contributed by atoms with van der Waals surface area (Å²) in [6, 6.07) is 23.7. The smallest absolute Gasteiger partial charge is 0.178 e. The SMILES string of the molecule is COc1ccc(C2(c3ccc(N4CCOCC4)cc3)C=Cc3c4c(c5cc(N6CCOCC6)c(OC)cc5c3O2)-c2cc(F)cc(F)c2C42CC(C)(C)CC(C)(C)C2)cc1. The summed E-state index contributed by atoms with van der Waals surface area (Å²) in [6.45, 7) is 14.8. The van der Waals surface area contributed by atoms with E-state index in [1.54, 1.807) is 20.3 Å². The summed E-state index contributed by atoms with van der Waals surface area (Å²) in [4.78, 5) is 4.64. The molecule has 5 aromatic rings. The summed E-state index contributed by atoms with van der Waals surface area (Å²) in [6.07, 6.45) is 6.76. The van der Waals surface area contributed by atoms with Crippen LogP contribution >= 0.6 is 0 Å². The molecule has 7 nitrogen and oxygen atoms in total. The lowest BCUT2D eigenvalue weighted by Crippen LogP contribution is -2.45. The fourth-order valence-corrected chi connectivity index (χ4v) is 12.1. The molecule has 5 aromatic carbocycles. The molecule has 1 spiro atoms. The van der Waals surface area contributed by atoms with Crippen LogP contribution in [-0.4, -0.2) is 66.8 Å². The van der Waals surface area contributed by atoms with Crippen molar-refractivity contribution in [2.45, 2.75) is 58.0 Å². The minimum atomic E-state index is -1.05.